The van der Waals surface area contributed by atoms with Crippen molar-refractivity contribution in [1.29, 1.82) is 0 Å². The van der Waals surface area contributed by atoms with Crippen LogP contribution in [0.3, 0.4) is 0 Å². The zero-order valence-corrected chi connectivity index (χ0v) is 19.3. The molecule has 1 saturated heterocycles. The van der Waals surface area contributed by atoms with Crippen LogP contribution in [-0.4, -0.2) is 48.0 Å². The number of carbonyl (C=O) groups excluding carboxylic acids is 2. The Balaban J connectivity index is 1.26. The van der Waals surface area contributed by atoms with Crippen LogP contribution in [0.4, 0.5) is 20.6 Å². The Bertz CT molecular complexity index is 1090. The SMILES string of the molecule is O=C(C[C@H]1C[C@@H]2c3cc(NC(=O)Nc4ccccc4F)ccc3O[C@@H]2[C@H](CO)O1)NC1CCCC1. The summed E-state index contributed by atoms with van der Waals surface area (Å²) >= 11 is 0. The van der Waals surface area contributed by atoms with Crippen LogP contribution in [0, 0.1) is 5.82 Å². The van der Waals surface area contributed by atoms with Gasteiger partial charge in [-0.05, 0) is 49.6 Å². The molecule has 3 amide bonds. The molecule has 3 aliphatic rings. The maximum absolute atomic E-state index is 13.8. The van der Waals surface area contributed by atoms with E-state index in [-0.39, 0.29) is 48.8 Å². The molecule has 35 heavy (non-hydrogen) atoms. The number of benzene rings is 2. The number of hydrogen-bond donors (Lipinski definition) is 4. The monoisotopic (exact) mass is 483 g/mol. The Labute approximate surface area is 203 Å². The van der Waals surface area contributed by atoms with Crippen LogP contribution in [0.25, 0.3) is 0 Å². The lowest BCUT2D eigenvalue weighted by molar-refractivity contribution is -0.142. The Hall–Kier alpha value is -3.17. The van der Waals surface area contributed by atoms with Gasteiger partial charge in [0.1, 0.15) is 23.8 Å². The minimum atomic E-state index is -0.563. The molecular formula is C26H30FN3O5. The number of amides is 3. The van der Waals surface area contributed by atoms with Crippen LogP contribution in [-0.2, 0) is 9.53 Å². The average molecular weight is 484 g/mol. The molecule has 0 aromatic heterocycles. The zero-order valence-electron chi connectivity index (χ0n) is 19.3. The van der Waals surface area contributed by atoms with Crippen LogP contribution in [0.1, 0.15) is 50.0 Å². The van der Waals surface area contributed by atoms with Crippen molar-refractivity contribution in [3.8, 4) is 5.75 Å². The van der Waals surface area contributed by atoms with Crippen molar-refractivity contribution in [2.75, 3.05) is 17.2 Å². The number of rotatable bonds is 6. The highest BCUT2D eigenvalue weighted by molar-refractivity contribution is 5.99. The third kappa shape index (κ3) is 5.26. The van der Waals surface area contributed by atoms with Gasteiger partial charge in [0.25, 0.3) is 0 Å². The van der Waals surface area contributed by atoms with Crippen molar-refractivity contribution in [2.45, 2.75) is 68.8 Å². The predicted octanol–water partition coefficient (Wildman–Crippen LogP) is 3.91. The molecule has 0 unspecified atom stereocenters. The van der Waals surface area contributed by atoms with E-state index in [2.05, 4.69) is 16.0 Å². The first-order chi connectivity index (χ1) is 17.0. The molecule has 2 aliphatic heterocycles. The van der Waals surface area contributed by atoms with Crippen molar-refractivity contribution in [1.82, 2.24) is 5.32 Å². The highest BCUT2D eigenvalue weighted by Crippen LogP contribution is 2.47. The fraction of sp³-hybridized carbons (Fsp3) is 0.462. The van der Waals surface area contributed by atoms with Gasteiger partial charge >= 0.3 is 6.03 Å². The lowest BCUT2D eigenvalue weighted by Crippen LogP contribution is -2.47. The highest BCUT2D eigenvalue weighted by Gasteiger charge is 2.46. The van der Waals surface area contributed by atoms with Crippen LogP contribution in [0.2, 0.25) is 0 Å². The quantitative estimate of drug-likeness (QED) is 0.498. The Morgan fingerprint density at radius 3 is 2.66 bits per heavy atom. The van der Waals surface area contributed by atoms with E-state index in [1.54, 1.807) is 24.3 Å². The molecule has 5 rings (SSSR count). The molecule has 0 radical (unpaired) electrons. The standard InChI is InChI=1S/C26H30FN3O5/c27-20-7-3-4-8-21(20)30-26(33)29-16-9-10-22-18(11-16)19-12-17(34-23(14-31)25(19)35-22)13-24(32)28-15-5-1-2-6-15/h3-4,7-11,15,17,19,23,25,31H,1-2,5-6,12-14H2,(H,28,32)(H2,29,30,33)/t17-,19-,23+,25+/m1/s1. The van der Waals surface area contributed by atoms with Gasteiger partial charge in [0.05, 0.1) is 24.8 Å². The second kappa shape index (κ2) is 10.2. The Morgan fingerprint density at radius 1 is 1.09 bits per heavy atom. The van der Waals surface area contributed by atoms with Crippen LogP contribution >= 0.6 is 0 Å². The molecular weight excluding hydrogens is 453 g/mol. The minimum Gasteiger partial charge on any atom is -0.487 e. The zero-order chi connectivity index (χ0) is 24.4. The van der Waals surface area contributed by atoms with Crippen LogP contribution < -0.4 is 20.7 Å². The number of aliphatic hydroxyl groups is 1. The summed E-state index contributed by atoms with van der Waals surface area (Å²) in [4.78, 5) is 25.0. The van der Waals surface area contributed by atoms with E-state index >= 15 is 0 Å². The normalized spacial score (nSPS) is 25.3. The van der Waals surface area contributed by atoms with E-state index in [0.29, 0.717) is 17.9 Å². The molecule has 1 saturated carbocycles. The number of urea groups is 1. The van der Waals surface area contributed by atoms with Crippen molar-refractivity contribution in [3.05, 3.63) is 53.8 Å². The third-order valence-electron chi connectivity index (χ3n) is 7.01. The number of halogens is 1. The molecule has 0 spiro atoms. The number of anilines is 2. The molecule has 0 bridgehead atoms. The van der Waals surface area contributed by atoms with Gasteiger partial charge in [-0.1, -0.05) is 25.0 Å². The topological polar surface area (TPSA) is 109 Å². The van der Waals surface area contributed by atoms with Gasteiger partial charge in [0, 0.05) is 23.2 Å². The maximum Gasteiger partial charge on any atom is 0.323 e. The summed E-state index contributed by atoms with van der Waals surface area (Å²) in [5.41, 5.74) is 1.51. The predicted molar refractivity (Wildman–Crippen MR) is 128 cm³/mol. The average Bonchev–Trinajstić information content (AvgIpc) is 3.47. The maximum atomic E-state index is 13.8. The molecule has 1 aliphatic carbocycles. The first kappa shape index (κ1) is 23.6. The first-order valence-electron chi connectivity index (χ1n) is 12.2. The molecule has 2 fully saturated rings. The van der Waals surface area contributed by atoms with Crippen LogP contribution in [0.5, 0.6) is 5.75 Å². The van der Waals surface area contributed by atoms with E-state index in [0.717, 1.165) is 31.2 Å². The van der Waals surface area contributed by atoms with Gasteiger partial charge in [-0.15, -0.1) is 0 Å². The van der Waals surface area contributed by atoms with Gasteiger partial charge in [0.15, 0.2) is 0 Å². The van der Waals surface area contributed by atoms with Crippen LogP contribution in [0.15, 0.2) is 42.5 Å². The highest BCUT2D eigenvalue weighted by atomic mass is 19.1. The van der Waals surface area contributed by atoms with Crippen molar-refractivity contribution >= 4 is 23.3 Å². The molecule has 8 nitrogen and oxygen atoms in total. The number of hydrogen-bond acceptors (Lipinski definition) is 5. The number of aliphatic hydroxyl groups excluding tert-OH is 1. The van der Waals surface area contributed by atoms with Crippen molar-refractivity contribution in [3.63, 3.8) is 0 Å². The molecule has 2 heterocycles. The second-order valence-corrected chi connectivity index (χ2v) is 9.47. The van der Waals surface area contributed by atoms with Gasteiger partial charge in [-0.3, -0.25) is 4.79 Å². The fourth-order valence-corrected chi connectivity index (χ4v) is 5.38. The van der Waals surface area contributed by atoms with Gasteiger partial charge in [-0.2, -0.15) is 0 Å². The summed E-state index contributed by atoms with van der Waals surface area (Å²) in [5.74, 6) is 0.0271. The molecule has 9 heteroatoms. The summed E-state index contributed by atoms with van der Waals surface area (Å²) in [6.07, 6.45) is 3.86. The second-order valence-electron chi connectivity index (χ2n) is 9.47. The molecule has 2 aromatic rings. The van der Waals surface area contributed by atoms with E-state index < -0.39 is 18.0 Å². The lowest BCUT2D eigenvalue weighted by Gasteiger charge is -2.37. The largest absolute Gasteiger partial charge is 0.487 e. The van der Waals surface area contributed by atoms with E-state index in [1.807, 2.05) is 6.07 Å². The molecule has 186 valence electrons. The number of carbonyl (C=O) groups is 2. The molecule has 4 atom stereocenters. The summed E-state index contributed by atoms with van der Waals surface area (Å²) in [6, 6.07) is 10.9. The Morgan fingerprint density at radius 2 is 1.89 bits per heavy atom. The smallest absolute Gasteiger partial charge is 0.323 e. The number of para-hydroxylation sites is 1. The molecule has 2 aromatic carbocycles. The van der Waals surface area contributed by atoms with Gasteiger partial charge in [-0.25, -0.2) is 9.18 Å². The number of ether oxygens (including phenoxy) is 2. The van der Waals surface area contributed by atoms with E-state index in [4.69, 9.17) is 9.47 Å². The van der Waals surface area contributed by atoms with Crippen molar-refractivity contribution < 1.29 is 28.6 Å². The minimum absolute atomic E-state index is 0.0311. The first-order valence-corrected chi connectivity index (χ1v) is 12.2. The number of fused-ring (bicyclic) bond motifs is 3. The van der Waals surface area contributed by atoms with E-state index in [1.165, 1.54) is 12.1 Å². The third-order valence-corrected chi connectivity index (χ3v) is 7.01. The molecule has 4 N–H and O–H groups in total. The van der Waals surface area contributed by atoms with Gasteiger partial charge in [0.2, 0.25) is 5.91 Å². The summed E-state index contributed by atoms with van der Waals surface area (Å²) < 4.78 is 26.0. The number of nitrogens with one attached hydrogen (secondary N) is 3. The Kier molecular flexibility index (Phi) is 6.88. The fourth-order valence-electron chi connectivity index (χ4n) is 5.38. The summed E-state index contributed by atoms with van der Waals surface area (Å²) in [6.45, 7) is -0.216. The lowest BCUT2D eigenvalue weighted by atomic mass is 9.84. The van der Waals surface area contributed by atoms with Crippen molar-refractivity contribution in [2.24, 2.45) is 0 Å². The summed E-state index contributed by atoms with van der Waals surface area (Å²) in [7, 11) is 0. The van der Waals surface area contributed by atoms with E-state index in [9.17, 15) is 19.1 Å². The summed E-state index contributed by atoms with van der Waals surface area (Å²) in [5, 5.41) is 18.3. The van der Waals surface area contributed by atoms with Gasteiger partial charge < -0.3 is 30.5 Å².